The summed E-state index contributed by atoms with van der Waals surface area (Å²) >= 11 is 3.34. The molecule has 0 fully saturated rings. The lowest BCUT2D eigenvalue weighted by Gasteiger charge is -2.32. The lowest BCUT2D eigenvalue weighted by molar-refractivity contribution is 0.126. The Bertz CT molecular complexity index is 922. The van der Waals surface area contributed by atoms with Crippen LogP contribution in [0, 0.1) is 6.92 Å². The van der Waals surface area contributed by atoms with Crippen LogP contribution in [0.2, 0.25) is 0 Å². The van der Waals surface area contributed by atoms with E-state index in [4.69, 9.17) is 4.74 Å². The first-order valence-corrected chi connectivity index (χ1v) is 9.32. The summed E-state index contributed by atoms with van der Waals surface area (Å²) in [6, 6.07) is 11.3. The Balaban J connectivity index is 2.18. The van der Waals surface area contributed by atoms with Crippen molar-refractivity contribution in [3.8, 4) is 0 Å². The van der Waals surface area contributed by atoms with Crippen molar-refractivity contribution < 1.29 is 17.9 Å². The molecule has 3 rings (SSSR count). The number of aryl methyl sites for hydroxylation is 1. The summed E-state index contributed by atoms with van der Waals surface area (Å²) in [5.41, 5.74) is 1.74. The van der Waals surface area contributed by atoms with Gasteiger partial charge in [-0.3, -0.25) is 0 Å². The van der Waals surface area contributed by atoms with Crippen LogP contribution in [0.5, 0.6) is 0 Å². The van der Waals surface area contributed by atoms with E-state index < -0.39 is 22.2 Å². The SMILES string of the molecule is C=CC1OC(=O)N(S(=O)(=O)c2ccc(C)cc2)c2ccc(Br)cc21. The van der Waals surface area contributed by atoms with Crippen molar-refractivity contribution in [2.75, 3.05) is 4.31 Å². The van der Waals surface area contributed by atoms with Crippen LogP contribution in [0.1, 0.15) is 17.2 Å². The Morgan fingerprint density at radius 2 is 1.88 bits per heavy atom. The van der Waals surface area contributed by atoms with Crippen molar-refractivity contribution in [1.82, 2.24) is 0 Å². The highest BCUT2D eigenvalue weighted by molar-refractivity contribution is 9.10. The first-order valence-electron chi connectivity index (χ1n) is 7.09. The largest absolute Gasteiger partial charge is 0.436 e. The van der Waals surface area contributed by atoms with Gasteiger partial charge in [-0.2, -0.15) is 4.31 Å². The first-order chi connectivity index (χ1) is 11.3. The molecule has 1 aliphatic heterocycles. The van der Waals surface area contributed by atoms with Crippen molar-refractivity contribution >= 4 is 37.7 Å². The van der Waals surface area contributed by atoms with Gasteiger partial charge in [0.1, 0.15) is 6.10 Å². The number of fused-ring (bicyclic) bond motifs is 1. The van der Waals surface area contributed by atoms with Gasteiger partial charge >= 0.3 is 6.09 Å². The Labute approximate surface area is 148 Å². The standard InChI is InChI=1S/C17H14BrNO4S/c1-3-16-14-10-12(18)6-9-15(14)19(17(20)23-16)24(21,22)13-7-4-11(2)5-8-13/h3-10,16H,1H2,2H3. The van der Waals surface area contributed by atoms with E-state index in [0.29, 0.717) is 9.87 Å². The molecule has 1 amide bonds. The molecule has 24 heavy (non-hydrogen) atoms. The molecule has 0 aromatic heterocycles. The van der Waals surface area contributed by atoms with Crippen LogP contribution in [0.25, 0.3) is 0 Å². The summed E-state index contributed by atoms with van der Waals surface area (Å²) in [4.78, 5) is 12.4. The average molecular weight is 408 g/mol. The molecule has 1 unspecified atom stereocenters. The number of carbonyl (C=O) groups excluding carboxylic acids is 1. The van der Waals surface area contributed by atoms with E-state index in [1.54, 1.807) is 30.3 Å². The molecule has 7 heteroatoms. The molecule has 124 valence electrons. The molecule has 5 nitrogen and oxygen atoms in total. The molecule has 1 aliphatic rings. The van der Waals surface area contributed by atoms with Gasteiger partial charge in [0.25, 0.3) is 10.0 Å². The van der Waals surface area contributed by atoms with Crippen LogP contribution in [0.3, 0.4) is 0 Å². The second-order valence-corrected chi connectivity index (χ2v) is 8.03. The number of amides is 1. The number of anilines is 1. The predicted octanol–water partition coefficient (Wildman–Crippen LogP) is 4.33. The quantitative estimate of drug-likeness (QED) is 0.710. The molecule has 0 N–H and O–H groups in total. The second-order valence-electron chi connectivity index (χ2n) is 5.33. The van der Waals surface area contributed by atoms with Crippen molar-refractivity contribution in [2.24, 2.45) is 0 Å². The zero-order valence-electron chi connectivity index (χ0n) is 12.8. The fourth-order valence-electron chi connectivity index (χ4n) is 2.47. The fraction of sp³-hybridized carbons (Fsp3) is 0.118. The average Bonchev–Trinajstić information content (AvgIpc) is 2.54. The molecule has 0 saturated heterocycles. The van der Waals surface area contributed by atoms with E-state index >= 15 is 0 Å². The third kappa shape index (κ3) is 2.74. The summed E-state index contributed by atoms with van der Waals surface area (Å²) in [5, 5.41) is 0. The van der Waals surface area contributed by atoms with Crippen molar-refractivity contribution in [3.63, 3.8) is 0 Å². The van der Waals surface area contributed by atoms with Gasteiger partial charge in [-0.25, -0.2) is 13.2 Å². The number of carbonyl (C=O) groups is 1. The van der Waals surface area contributed by atoms with Crippen LogP contribution in [0.15, 0.2) is 64.5 Å². The molecule has 0 bridgehead atoms. The van der Waals surface area contributed by atoms with Gasteiger partial charge < -0.3 is 4.74 Å². The molecule has 2 aromatic rings. The van der Waals surface area contributed by atoms with Gasteiger partial charge in [0, 0.05) is 10.0 Å². The Morgan fingerprint density at radius 1 is 1.21 bits per heavy atom. The minimum Gasteiger partial charge on any atom is -0.436 e. The summed E-state index contributed by atoms with van der Waals surface area (Å²) in [5.74, 6) is 0. The van der Waals surface area contributed by atoms with Gasteiger partial charge in [-0.15, -0.1) is 0 Å². The molecule has 0 saturated carbocycles. The van der Waals surface area contributed by atoms with E-state index in [1.165, 1.54) is 18.2 Å². The Hall–Kier alpha value is -2.12. The number of hydrogen-bond donors (Lipinski definition) is 0. The molecular weight excluding hydrogens is 394 g/mol. The normalized spacial score (nSPS) is 17.2. The van der Waals surface area contributed by atoms with E-state index in [9.17, 15) is 13.2 Å². The van der Waals surface area contributed by atoms with Crippen LogP contribution in [-0.4, -0.2) is 14.5 Å². The van der Waals surface area contributed by atoms with Gasteiger partial charge in [-0.05, 0) is 43.3 Å². The number of ether oxygens (including phenoxy) is 1. The maximum absolute atomic E-state index is 12.9. The fourth-order valence-corrected chi connectivity index (χ4v) is 4.21. The minimum absolute atomic E-state index is 0.0240. The minimum atomic E-state index is -4.08. The van der Waals surface area contributed by atoms with E-state index in [0.717, 1.165) is 10.0 Å². The van der Waals surface area contributed by atoms with Gasteiger partial charge in [0.15, 0.2) is 0 Å². The zero-order chi connectivity index (χ0) is 17.5. The van der Waals surface area contributed by atoms with Gasteiger partial charge in [-0.1, -0.05) is 40.2 Å². The number of rotatable bonds is 3. The summed E-state index contributed by atoms with van der Waals surface area (Å²) in [6.45, 7) is 5.50. The highest BCUT2D eigenvalue weighted by atomic mass is 79.9. The van der Waals surface area contributed by atoms with E-state index in [1.807, 2.05) is 6.92 Å². The summed E-state index contributed by atoms with van der Waals surface area (Å²) < 4.78 is 32.6. The second kappa shape index (κ2) is 6.07. The van der Waals surface area contributed by atoms with Crippen LogP contribution < -0.4 is 4.31 Å². The first kappa shape index (κ1) is 16.7. The van der Waals surface area contributed by atoms with Crippen molar-refractivity contribution in [3.05, 3.63) is 70.7 Å². The topological polar surface area (TPSA) is 63.7 Å². The van der Waals surface area contributed by atoms with E-state index in [-0.39, 0.29) is 10.6 Å². The lowest BCUT2D eigenvalue weighted by Crippen LogP contribution is -2.41. The van der Waals surface area contributed by atoms with Crippen molar-refractivity contribution in [1.29, 1.82) is 0 Å². The number of benzene rings is 2. The number of sulfonamides is 1. The molecular formula is C17H14BrNO4S. The predicted molar refractivity (Wildman–Crippen MR) is 94.4 cm³/mol. The summed E-state index contributed by atoms with van der Waals surface area (Å²) in [7, 11) is -4.08. The molecule has 0 radical (unpaired) electrons. The molecule has 1 heterocycles. The molecule has 2 aromatic carbocycles. The monoisotopic (exact) mass is 407 g/mol. The molecule has 0 aliphatic carbocycles. The third-order valence-corrected chi connectivity index (χ3v) is 5.87. The van der Waals surface area contributed by atoms with Crippen LogP contribution in [0.4, 0.5) is 10.5 Å². The van der Waals surface area contributed by atoms with Gasteiger partial charge in [0.2, 0.25) is 0 Å². The number of nitrogens with zero attached hydrogens (tertiary/aromatic N) is 1. The van der Waals surface area contributed by atoms with Crippen LogP contribution in [-0.2, 0) is 14.8 Å². The maximum atomic E-state index is 12.9. The Morgan fingerprint density at radius 3 is 2.50 bits per heavy atom. The van der Waals surface area contributed by atoms with Crippen LogP contribution >= 0.6 is 15.9 Å². The highest BCUT2D eigenvalue weighted by Gasteiger charge is 2.40. The highest BCUT2D eigenvalue weighted by Crippen LogP contribution is 2.39. The van der Waals surface area contributed by atoms with Crippen molar-refractivity contribution in [2.45, 2.75) is 17.9 Å². The number of hydrogen-bond acceptors (Lipinski definition) is 4. The maximum Gasteiger partial charge on any atom is 0.429 e. The summed E-state index contributed by atoms with van der Waals surface area (Å²) in [6.07, 6.45) is -0.191. The molecule has 1 atom stereocenters. The number of cyclic esters (lactones) is 1. The zero-order valence-corrected chi connectivity index (χ0v) is 15.2. The third-order valence-electron chi connectivity index (χ3n) is 3.68. The smallest absolute Gasteiger partial charge is 0.429 e. The molecule has 0 spiro atoms. The lowest BCUT2D eigenvalue weighted by atomic mass is 10.1. The Kier molecular flexibility index (Phi) is 4.23. The number of halogens is 1. The van der Waals surface area contributed by atoms with E-state index in [2.05, 4.69) is 22.5 Å². The van der Waals surface area contributed by atoms with Gasteiger partial charge in [0.05, 0.1) is 10.6 Å².